The maximum absolute atomic E-state index is 2.49. The summed E-state index contributed by atoms with van der Waals surface area (Å²) in [5.41, 5.74) is 15.7. The smallest absolute Gasteiger partial charge is 0.0358 e. The Balaban J connectivity index is 1.57. The van der Waals surface area contributed by atoms with Gasteiger partial charge in [0.15, 0.2) is 0 Å². The van der Waals surface area contributed by atoms with Crippen molar-refractivity contribution in [2.24, 2.45) is 0 Å². The molecule has 0 nitrogen and oxygen atoms in total. The highest BCUT2D eigenvalue weighted by molar-refractivity contribution is 6.03. The average Bonchev–Trinajstić information content (AvgIpc) is 3.31. The van der Waals surface area contributed by atoms with Crippen molar-refractivity contribution in [2.75, 3.05) is 0 Å². The van der Waals surface area contributed by atoms with Gasteiger partial charge in [-0.15, -0.1) is 0 Å². The molecule has 0 heteroatoms. The van der Waals surface area contributed by atoms with Crippen molar-refractivity contribution in [1.29, 1.82) is 0 Å². The molecule has 28 heavy (non-hydrogen) atoms. The Morgan fingerprint density at radius 1 is 0.536 bits per heavy atom. The van der Waals surface area contributed by atoms with Crippen LogP contribution in [0.25, 0.3) is 33.9 Å². The van der Waals surface area contributed by atoms with Crippen LogP contribution in [0.4, 0.5) is 0 Å². The van der Waals surface area contributed by atoms with E-state index in [0.717, 1.165) is 6.42 Å². The largest absolute Gasteiger partial charge is 0.0619 e. The van der Waals surface area contributed by atoms with Gasteiger partial charge in [-0.05, 0) is 85.8 Å². The molecule has 130 valence electrons. The van der Waals surface area contributed by atoms with Crippen molar-refractivity contribution in [1.82, 2.24) is 0 Å². The predicted octanol–water partition coefficient (Wildman–Crippen LogP) is 6.92. The van der Waals surface area contributed by atoms with Crippen molar-refractivity contribution in [3.63, 3.8) is 0 Å². The number of benzene rings is 4. The van der Waals surface area contributed by atoms with Crippen LogP contribution in [0.15, 0.2) is 84.9 Å². The molecule has 0 saturated carbocycles. The minimum atomic E-state index is 0.346. The molecule has 0 amide bonds. The number of allylic oxidation sites excluding steroid dienone is 1. The third kappa shape index (κ3) is 1.75. The highest BCUT2D eigenvalue weighted by Crippen LogP contribution is 2.55. The van der Waals surface area contributed by atoms with Gasteiger partial charge in [0.2, 0.25) is 0 Å². The van der Waals surface area contributed by atoms with Gasteiger partial charge in [0.1, 0.15) is 0 Å². The molecule has 1 unspecified atom stereocenters. The second-order valence-corrected chi connectivity index (χ2v) is 8.14. The molecular weight excluding hydrogens is 336 g/mol. The molecule has 0 heterocycles. The quantitative estimate of drug-likeness (QED) is 0.283. The third-order valence-electron chi connectivity index (χ3n) is 6.73. The van der Waals surface area contributed by atoms with E-state index in [1.54, 1.807) is 0 Å². The van der Waals surface area contributed by atoms with Gasteiger partial charge >= 0.3 is 0 Å². The maximum Gasteiger partial charge on any atom is 0.0358 e. The van der Waals surface area contributed by atoms with Crippen molar-refractivity contribution < 1.29 is 0 Å². The fraction of sp³-hybridized carbons (Fsp3) is 0.0714. The van der Waals surface area contributed by atoms with Crippen molar-refractivity contribution in [2.45, 2.75) is 12.3 Å². The lowest BCUT2D eigenvalue weighted by Gasteiger charge is -2.29. The van der Waals surface area contributed by atoms with Gasteiger partial charge in [-0.1, -0.05) is 72.8 Å². The molecular formula is C28H18. The molecule has 0 bridgehead atoms. The van der Waals surface area contributed by atoms with E-state index in [-0.39, 0.29) is 0 Å². The molecule has 0 aromatic heterocycles. The Labute approximate surface area is 164 Å². The number of hydrogen-bond donors (Lipinski definition) is 0. The summed E-state index contributed by atoms with van der Waals surface area (Å²) in [5.74, 6) is 0.346. The van der Waals surface area contributed by atoms with E-state index in [1.807, 2.05) is 0 Å². The summed E-state index contributed by atoms with van der Waals surface area (Å²) in [6, 6.07) is 31.7. The molecule has 0 aliphatic heterocycles. The lowest BCUT2D eigenvalue weighted by Crippen LogP contribution is -2.10. The van der Waals surface area contributed by atoms with Gasteiger partial charge in [0.25, 0.3) is 0 Å². The van der Waals surface area contributed by atoms with Gasteiger partial charge in [0.05, 0.1) is 0 Å². The lowest BCUT2D eigenvalue weighted by molar-refractivity contribution is 1.05. The molecule has 4 aromatic carbocycles. The summed E-state index contributed by atoms with van der Waals surface area (Å²) in [6.07, 6.45) is 3.45. The van der Waals surface area contributed by atoms with Crippen LogP contribution in [0.2, 0.25) is 0 Å². The zero-order valence-corrected chi connectivity index (χ0v) is 15.4. The summed E-state index contributed by atoms with van der Waals surface area (Å²) < 4.78 is 0. The van der Waals surface area contributed by atoms with E-state index in [1.165, 1.54) is 61.2 Å². The Hall–Kier alpha value is -3.38. The fourth-order valence-corrected chi connectivity index (χ4v) is 5.53. The average molecular weight is 354 g/mol. The molecule has 0 fully saturated rings. The van der Waals surface area contributed by atoms with Crippen LogP contribution in [0.1, 0.15) is 39.3 Å². The van der Waals surface area contributed by atoms with Crippen LogP contribution in [0.3, 0.4) is 0 Å². The molecule has 0 spiro atoms. The number of hydrogen-bond acceptors (Lipinski definition) is 0. The Bertz CT molecular complexity index is 1340. The molecule has 0 N–H and O–H groups in total. The molecule has 4 aromatic rings. The maximum atomic E-state index is 2.49. The third-order valence-corrected chi connectivity index (χ3v) is 6.73. The van der Waals surface area contributed by atoms with Crippen LogP contribution >= 0.6 is 0 Å². The zero-order valence-electron chi connectivity index (χ0n) is 15.4. The summed E-state index contributed by atoms with van der Waals surface area (Å²) in [6.45, 7) is 0. The van der Waals surface area contributed by atoms with Crippen molar-refractivity contribution >= 4 is 11.6 Å². The molecule has 0 saturated heterocycles. The first kappa shape index (κ1) is 14.6. The van der Waals surface area contributed by atoms with Crippen LogP contribution < -0.4 is 0 Å². The number of rotatable bonds is 0. The van der Waals surface area contributed by atoms with Crippen molar-refractivity contribution in [3.8, 4) is 22.3 Å². The SMILES string of the molecule is C1=C2c3ccccc3-c3cc4c(cc3C2c2ccccc21)-c1ccccc1C4. The van der Waals surface area contributed by atoms with Crippen LogP contribution in [-0.2, 0) is 6.42 Å². The van der Waals surface area contributed by atoms with E-state index in [4.69, 9.17) is 0 Å². The highest BCUT2D eigenvalue weighted by Gasteiger charge is 2.36. The van der Waals surface area contributed by atoms with Crippen LogP contribution in [0.5, 0.6) is 0 Å². The van der Waals surface area contributed by atoms with E-state index in [9.17, 15) is 0 Å². The topological polar surface area (TPSA) is 0 Å². The Morgan fingerprint density at radius 2 is 1.29 bits per heavy atom. The van der Waals surface area contributed by atoms with Crippen LogP contribution in [0, 0.1) is 0 Å². The van der Waals surface area contributed by atoms with Gasteiger partial charge < -0.3 is 0 Å². The van der Waals surface area contributed by atoms with Crippen molar-refractivity contribution in [3.05, 3.63) is 118 Å². The van der Waals surface area contributed by atoms with Gasteiger partial charge in [-0.25, -0.2) is 0 Å². The first-order chi connectivity index (χ1) is 13.9. The van der Waals surface area contributed by atoms with Gasteiger partial charge in [-0.3, -0.25) is 0 Å². The van der Waals surface area contributed by atoms with Gasteiger partial charge in [0, 0.05) is 5.92 Å². The summed E-state index contributed by atoms with van der Waals surface area (Å²) in [7, 11) is 0. The molecule has 0 radical (unpaired) electrons. The zero-order chi connectivity index (χ0) is 18.2. The predicted molar refractivity (Wildman–Crippen MR) is 116 cm³/mol. The lowest BCUT2D eigenvalue weighted by atomic mass is 9.73. The molecule has 1 atom stereocenters. The monoisotopic (exact) mass is 354 g/mol. The summed E-state index contributed by atoms with van der Waals surface area (Å²) in [5, 5.41) is 0. The Morgan fingerprint density at radius 3 is 2.21 bits per heavy atom. The van der Waals surface area contributed by atoms with E-state index in [0.29, 0.717) is 5.92 Å². The van der Waals surface area contributed by atoms with E-state index in [2.05, 4.69) is 91.0 Å². The van der Waals surface area contributed by atoms with Gasteiger partial charge in [-0.2, -0.15) is 0 Å². The van der Waals surface area contributed by atoms with E-state index < -0.39 is 0 Å². The Kier molecular flexibility index (Phi) is 2.67. The minimum absolute atomic E-state index is 0.346. The second kappa shape index (κ2) is 5.11. The standard InChI is InChI=1S/C28H18/c1-3-9-20-17(7-1)13-19-15-25-22-11-5-6-12-23(22)26-14-18-8-2-4-10-21(18)28(26)27(25)16-24(19)20/h1-12,14-16,28H,13H2. The van der Waals surface area contributed by atoms with E-state index >= 15 is 0 Å². The summed E-state index contributed by atoms with van der Waals surface area (Å²) >= 11 is 0. The highest BCUT2D eigenvalue weighted by atomic mass is 14.4. The van der Waals surface area contributed by atoms with Crippen LogP contribution in [-0.4, -0.2) is 0 Å². The normalized spacial score (nSPS) is 17.0. The molecule has 3 aliphatic rings. The second-order valence-electron chi connectivity index (χ2n) is 8.14. The minimum Gasteiger partial charge on any atom is -0.0619 e. The first-order valence-corrected chi connectivity index (χ1v) is 10.0. The summed E-state index contributed by atoms with van der Waals surface area (Å²) in [4.78, 5) is 0. The number of fused-ring (bicyclic) bond motifs is 11. The fourth-order valence-electron chi connectivity index (χ4n) is 5.53. The first-order valence-electron chi connectivity index (χ1n) is 10.0. The molecule has 3 aliphatic carbocycles. The molecule has 7 rings (SSSR count).